The largest absolute Gasteiger partial charge is 0.338 e. The van der Waals surface area contributed by atoms with Gasteiger partial charge in [0.2, 0.25) is 5.91 Å². The molecule has 0 aromatic carbocycles. The van der Waals surface area contributed by atoms with Crippen LogP contribution >= 0.6 is 12.4 Å². The summed E-state index contributed by atoms with van der Waals surface area (Å²) >= 11 is 0. The van der Waals surface area contributed by atoms with Crippen LogP contribution in [0, 0.1) is 5.92 Å². The van der Waals surface area contributed by atoms with E-state index in [2.05, 4.69) is 10.2 Å². The van der Waals surface area contributed by atoms with Gasteiger partial charge in [-0.05, 0) is 38.6 Å². The number of hydrogen-bond donors (Lipinski definition) is 1. The maximum Gasteiger partial charge on any atom is 0.223 e. The van der Waals surface area contributed by atoms with E-state index in [1.807, 2.05) is 7.05 Å². The van der Waals surface area contributed by atoms with Gasteiger partial charge < -0.3 is 10.2 Å². The van der Waals surface area contributed by atoms with Gasteiger partial charge in [-0.15, -0.1) is 12.4 Å². The highest BCUT2D eigenvalue weighted by Gasteiger charge is 2.30. The number of rotatable bonds is 4. The second-order valence-electron chi connectivity index (χ2n) is 4.94. The van der Waals surface area contributed by atoms with Crippen molar-refractivity contribution in [3.05, 3.63) is 0 Å². The summed E-state index contributed by atoms with van der Waals surface area (Å²) in [7, 11) is 1.97. The molecule has 1 N–H and O–H groups in total. The highest BCUT2D eigenvalue weighted by atomic mass is 35.5. The Morgan fingerprint density at radius 3 is 2.62 bits per heavy atom. The summed E-state index contributed by atoms with van der Waals surface area (Å²) in [5, 5.41) is 3.18. The number of likely N-dealkylation sites (N-methyl/N-ethyl adjacent to an activating group) is 1. The summed E-state index contributed by atoms with van der Waals surface area (Å²) in [5.41, 5.74) is 0. The highest BCUT2D eigenvalue weighted by molar-refractivity contribution is 5.85. The Morgan fingerprint density at radius 2 is 2.06 bits per heavy atom. The van der Waals surface area contributed by atoms with Crippen molar-refractivity contribution in [2.75, 3.05) is 20.1 Å². The molecule has 3 nitrogen and oxygen atoms in total. The molecule has 94 valence electrons. The molecule has 4 heteroatoms. The van der Waals surface area contributed by atoms with Crippen molar-refractivity contribution < 1.29 is 4.79 Å². The second kappa shape index (κ2) is 6.45. The topological polar surface area (TPSA) is 32.3 Å². The molecule has 1 amide bonds. The van der Waals surface area contributed by atoms with Gasteiger partial charge in [0.1, 0.15) is 0 Å². The molecular formula is C12H23ClN2O. The molecule has 2 rings (SSSR count). The number of amides is 1. The fourth-order valence-electron chi connectivity index (χ4n) is 2.67. The van der Waals surface area contributed by atoms with Crippen molar-refractivity contribution in [2.24, 2.45) is 5.92 Å². The summed E-state index contributed by atoms with van der Waals surface area (Å²) < 4.78 is 0. The van der Waals surface area contributed by atoms with Crippen LogP contribution in [-0.4, -0.2) is 37.0 Å². The summed E-state index contributed by atoms with van der Waals surface area (Å²) in [4.78, 5) is 14.1. The van der Waals surface area contributed by atoms with Crippen molar-refractivity contribution in [3.8, 4) is 0 Å². The number of hydrogen-bond acceptors (Lipinski definition) is 2. The van der Waals surface area contributed by atoms with Gasteiger partial charge in [-0.2, -0.15) is 0 Å². The van der Waals surface area contributed by atoms with Crippen molar-refractivity contribution in [2.45, 2.75) is 44.6 Å². The number of likely N-dealkylation sites (tertiary alicyclic amines) is 1. The van der Waals surface area contributed by atoms with Crippen LogP contribution < -0.4 is 5.32 Å². The zero-order valence-corrected chi connectivity index (χ0v) is 10.9. The number of nitrogens with one attached hydrogen (secondary N) is 1. The molecule has 0 radical (unpaired) electrons. The third-order valence-corrected chi connectivity index (χ3v) is 3.83. The third-order valence-electron chi connectivity index (χ3n) is 3.83. The second-order valence-corrected chi connectivity index (χ2v) is 4.94. The molecule has 2 aliphatic rings. The fraction of sp³-hybridized carbons (Fsp3) is 0.917. The van der Waals surface area contributed by atoms with Crippen LogP contribution in [0.15, 0.2) is 0 Å². The third kappa shape index (κ3) is 3.11. The van der Waals surface area contributed by atoms with Gasteiger partial charge in [0.05, 0.1) is 0 Å². The van der Waals surface area contributed by atoms with E-state index in [0.717, 1.165) is 19.5 Å². The SMILES string of the molecule is CNCC1CCCN1C(=O)CC1CCC1.Cl. The number of carbonyl (C=O) groups is 1. The van der Waals surface area contributed by atoms with E-state index >= 15 is 0 Å². The zero-order valence-electron chi connectivity index (χ0n) is 10.1. The van der Waals surface area contributed by atoms with Gasteiger partial charge in [-0.25, -0.2) is 0 Å². The van der Waals surface area contributed by atoms with Gasteiger partial charge in [0.15, 0.2) is 0 Å². The van der Waals surface area contributed by atoms with E-state index in [0.29, 0.717) is 17.9 Å². The van der Waals surface area contributed by atoms with Crippen LogP contribution in [0.25, 0.3) is 0 Å². The molecule has 1 unspecified atom stereocenters. The van der Waals surface area contributed by atoms with Crippen LogP contribution in [0.1, 0.15) is 38.5 Å². The molecule has 1 heterocycles. The first-order valence-electron chi connectivity index (χ1n) is 6.25. The van der Waals surface area contributed by atoms with E-state index < -0.39 is 0 Å². The lowest BCUT2D eigenvalue weighted by molar-refractivity contribution is -0.133. The number of nitrogens with zero attached hydrogens (tertiary/aromatic N) is 1. The van der Waals surface area contributed by atoms with Crippen LogP contribution in [0.2, 0.25) is 0 Å². The predicted octanol–water partition coefficient (Wildman–Crippen LogP) is 1.81. The Bertz CT molecular complexity index is 231. The molecule has 0 aromatic heterocycles. The Labute approximate surface area is 104 Å². The molecular weight excluding hydrogens is 224 g/mol. The summed E-state index contributed by atoms with van der Waals surface area (Å²) in [6.07, 6.45) is 7.05. The number of carbonyl (C=O) groups excluding carboxylic acids is 1. The Morgan fingerprint density at radius 1 is 1.31 bits per heavy atom. The maximum absolute atomic E-state index is 12.0. The van der Waals surface area contributed by atoms with Crippen molar-refractivity contribution >= 4 is 18.3 Å². The van der Waals surface area contributed by atoms with Crippen molar-refractivity contribution in [1.82, 2.24) is 10.2 Å². The van der Waals surface area contributed by atoms with Crippen LogP contribution in [0.5, 0.6) is 0 Å². The van der Waals surface area contributed by atoms with E-state index in [-0.39, 0.29) is 12.4 Å². The normalized spacial score (nSPS) is 25.1. The number of halogens is 1. The lowest BCUT2D eigenvalue weighted by Gasteiger charge is -2.30. The monoisotopic (exact) mass is 246 g/mol. The molecule has 0 spiro atoms. The quantitative estimate of drug-likeness (QED) is 0.821. The minimum atomic E-state index is 0. The van der Waals surface area contributed by atoms with Gasteiger partial charge in [-0.3, -0.25) is 4.79 Å². The molecule has 1 aliphatic heterocycles. The lowest BCUT2D eigenvalue weighted by atomic mass is 9.82. The smallest absolute Gasteiger partial charge is 0.223 e. The Hall–Kier alpha value is -0.280. The Kier molecular flexibility index (Phi) is 5.56. The Balaban J connectivity index is 0.00000128. The van der Waals surface area contributed by atoms with Gasteiger partial charge >= 0.3 is 0 Å². The van der Waals surface area contributed by atoms with Crippen LogP contribution in [0.4, 0.5) is 0 Å². The first-order chi connectivity index (χ1) is 7.31. The standard InChI is InChI=1S/C12H22N2O.ClH/c1-13-9-11-6-3-7-14(11)12(15)8-10-4-2-5-10;/h10-11,13H,2-9H2,1H3;1H. The predicted molar refractivity (Wildman–Crippen MR) is 67.9 cm³/mol. The summed E-state index contributed by atoms with van der Waals surface area (Å²) in [6, 6.07) is 0.461. The molecule has 0 aromatic rings. The molecule has 1 aliphatic carbocycles. The van der Waals surface area contributed by atoms with Crippen LogP contribution in [-0.2, 0) is 4.79 Å². The first kappa shape index (κ1) is 13.8. The summed E-state index contributed by atoms with van der Waals surface area (Å²) in [5.74, 6) is 1.10. The van der Waals surface area contributed by atoms with Crippen LogP contribution in [0.3, 0.4) is 0 Å². The average molecular weight is 247 g/mol. The fourth-order valence-corrected chi connectivity index (χ4v) is 2.67. The molecule has 1 saturated carbocycles. The first-order valence-corrected chi connectivity index (χ1v) is 6.25. The van der Waals surface area contributed by atoms with E-state index in [4.69, 9.17) is 0 Å². The lowest BCUT2D eigenvalue weighted by Crippen LogP contribution is -2.41. The maximum atomic E-state index is 12.0. The van der Waals surface area contributed by atoms with Gasteiger partial charge in [0, 0.05) is 25.6 Å². The van der Waals surface area contributed by atoms with E-state index in [1.54, 1.807) is 0 Å². The van der Waals surface area contributed by atoms with Gasteiger partial charge in [0.25, 0.3) is 0 Å². The minimum absolute atomic E-state index is 0. The molecule has 0 bridgehead atoms. The van der Waals surface area contributed by atoms with E-state index in [9.17, 15) is 4.79 Å². The summed E-state index contributed by atoms with van der Waals surface area (Å²) in [6.45, 7) is 1.94. The zero-order chi connectivity index (χ0) is 10.7. The van der Waals surface area contributed by atoms with Crippen molar-refractivity contribution in [3.63, 3.8) is 0 Å². The minimum Gasteiger partial charge on any atom is -0.338 e. The highest BCUT2D eigenvalue weighted by Crippen LogP contribution is 2.31. The van der Waals surface area contributed by atoms with Crippen molar-refractivity contribution in [1.29, 1.82) is 0 Å². The molecule has 16 heavy (non-hydrogen) atoms. The molecule has 1 saturated heterocycles. The van der Waals surface area contributed by atoms with E-state index in [1.165, 1.54) is 32.1 Å². The molecule has 2 fully saturated rings. The average Bonchev–Trinajstić information content (AvgIpc) is 2.60. The molecule has 1 atom stereocenters. The van der Waals surface area contributed by atoms with Gasteiger partial charge in [-0.1, -0.05) is 6.42 Å².